The van der Waals surface area contributed by atoms with Gasteiger partial charge in [-0.05, 0) is 23.9 Å². The van der Waals surface area contributed by atoms with Gasteiger partial charge in [0.1, 0.15) is 0 Å². The van der Waals surface area contributed by atoms with Gasteiger partial charge >= 0.3 is 5.69 Å². The van der Waals surface area contributed by atoms with Crippen molar-refractivity contribution in [2.24, 2.45) is 11.1 Å². The van der Waals surface area contributed by atoms with Crippen LogP contribution in [0.1, 0.15) is 32.1 Å². The van der Waals surface area contributed by atoms with Crippen LogP contribution in [0.5, 0.6) is 0 Å². The van der Waals surface area contributed by atoms with E-state index in [-0.39, 0.29) is 5.69 Å². The molecule has 0 unspecified atom stereocenters. The van der Waals surface area contributed by atoms with Crippen LogP contribution in [-0.4, -0.2) is 9.55 Å². The summed E-state index contributed by atoms with van der Waals surface area (Å²) in [4.78, 5) is 35.2. The van der Waals surface area contributed by atoms with Crippen LogP contribution in [-0.2, 0) is 6.54 Å². The molecule has 1 N–H and O–H groups in total. The molecular formula is C11H15N3O3. The van der Waals surface area contributed by atoms with Gasteiger partial charge in [0.05, 0.1) is 0 Å². The minimum atomic E-state index is -0.718. The predicted molar refractivity (Wildman–Crippen MR) is 63.4 cm³/mol. The topological polar surface area (TPSA) is 84.3 Å². The minimum absolute atomic E-state index is 0.236. The number of nitrogens with zero attached hydrogens (tertiary/aromatic N) is 2. The molecule has 0 amide bonds. The fraction of sp³-hybridized carbons (Fsp3) is 0.636. The summed E-state index contributed by atoms with van der Waals surface area (Å²) in [7, 11) is 0. The molecule has 0 aliphatic heterocycles. The van der Waals surface area contributed by atoms with Crippen molar-refractivity contribution in [2.45, 2.75) is 38.6 Å². The molecule has 1 heterocycles. The highest BCUT2D eigenvalue weighted by molar-refractivity contribution is 5.28. The van der Waals surface area contributed by atoms with Gasteiger partial charge in [-0.2, -0.15) is 0 Å². The number of nitrogens with one attached hydrogen (secondary N) is 1. The average molecular weight is 237 g/mol. The molecule has 92 valence electrons. The van der Waals surface area contributed by atoms with Crippen LogP contribution in [0, 0.1) is 10.8 Å². The molecule has 1 aromatic heterocycles. The van der Waals surface area contributed by atoms with Gasteiger partial charge in [-0.25, -0.2) is 4.79 Å². The molecule has 17 heavy (non-hydrogen) atoms. The Balaban J connectivity index is 2.22. The van der Waals surface area contributed by atoms with E-state index in [0.717, 1.165) is 12.8 Å². The summed E-state index contributed by atoms with van der Waals surface area (Å²) >= 11 is 0. The van der Waals surface area contributed by atoms with E-state index in [1.165, 1.54) is 30.0 Å². The summed E-state index contributed by atoms with van der Waals surface area (Å²) in [6, 6.07) is 0. The first-order valence-electron chi connectivity index (χ1n) is 5.88. The Morgan fingerprint density at radius 1 is 1.29 bits per heavy atom. The molecule has 0 aromatic carbocycles. The molecule has 0 spiro atoms. The minimum Gasteiger partial charge on any atom is -0.298 e. The van der Waals surface area contributed by atoms with Gasteiger partial charge in [0.15, 0.2) is 5.69 Å². The molecular weight excluding hydrogens is 222 g/mol. The summed E-state index contributed by atoms with van der Waals surface area (Å²) in [5, 5.41) is 2.61. The van der Waals surface area contributed by atoms with Crippen molar-refractivity contribution in [3.8, 4) is 0 Å². The standard InChI is InChI=1S/C11H15N3O3/c15-10-9(13-17)7-14(11(16)12-10)6-8-4-2-1-3-5-8/h7-8H,1-6H2,(H,12,15,16). The molecule has 6 nitrogen and oxygen atoms in total. The Bertz CT molecular complexity index is 511. The second-order valence-corrected chi connectivity index (χ2v) is 4.52. The van der Waals surface area contributed by atoms with E-state index < -0.39 is 11.2 Å². The van der Waals surface area contributed by atoms with E-state index in [4.69, 9.17) is 0 Å². The van der Waals surface area contributed by atoms with Crippen molar-refractivity contribution in [1.29, 1.82) is 0 Å². The number of nitroso groups, excluding NO2 is 1. The second-order valence-electron chi connectivity index (χ2n) is 4.52. The lowest BCUT2D eigenvalue weighted by atomic mass is 9.89. The first-order valence-corrected chi connectivity index (χ1v) is 5.88. The molecule has 1 aliphatic rings. The van der Waals surface area contributed by atoms with Gasteiger partial charge in [0, 0.05) is 12.7 Å². The maximum Gasteiger partial charge on any atom is 0.328 e. The SMILES string of the molecule is O=Nc1cn(CC2CCCCC2)c(=O)[nH]c1=O. The van der Waals surface area contributed by atoms with Gasteiger partial charge in [-0.15, -0.1) is 4.91 Å². The van der Waals surface area contributed by atoms with E-state index in [1.54, 1.807) is 0 Å². The predicted octanol–water partition coefficient (Wildman–Crippen LogP) is 1.51. The molecule has 6 heteroatoms. The van der Waals surface area contributed by atoms with Crippen molar-refractivity contribution >= 4 is 5.69 Å². The van der Waals surface area contributed by atoms with Crippen molar-refractivity contribution in [1.82, 2.24) is 9.55 Å². The summed E-state index contributed by atoms with van der Waals surface area (Å²) in [6.07, 6.45) is 7.05. The van der Waals surface area contributed by atoms with Crippen molar-refractivity contribution < 1.29 is 0 Å². The Kier molecular flexibility index (Phi) is 3.51. The molecule has 1 aliphatic carbocycles. The zero-order valence-corrected chi connectivity index (χ0v) is 9.52. The highest BCUT2D eigenvalue weighted by atomic mass is 16.3. The van der Waals surface area contributed by atoms with E-state index in [0.29, 0.717) is 12.5 Å². The molecule has 2 rings (SSSR count). The largest absolute Gasteiger partial charge is 0.328 e. The van der Waals surface area contributed by atoms with Gasteiger partial charge in [-0.3, -0.25) is 14.3 Å². The summed E-state index contributed by atoms with van der Waals surface area (Å²) < 4.78 is 1.38. The first kappa shape index (κ1) is 11.8. The molecule has 1 saturated carbocycles. The van der Waals surface area contributed by atoms with Crippen LogP contribution in [0.3, 0.4) is 0 Å². The smallest absolute Gasteiger partial charge is 0.298 e. The maximum absolute atomic E-state index is 11.5. The Labute approximate surface area is 97.6 Å². The number of H-pyrrole nitrogens is 1. The van der Waals surface area contributed by atoms with Crippen LogP contribution in [0.2, 0.25) is 0 Å². The van der Waals surface area contributed by atoms with Crippen LogP contribution < -0.4 is 11.2 Å². The number of rotatable bonds is 3. The lowest BCUT2D eigenvalue weighted by Crippen LogP contribution is -2.31. The van der Waals surface area contributed by atoms with Crippen LogP contribution >= 0.6 is 0 Å². The first-order chi connectivity index (χ1) is 8.20. The molecule has 0 bridgehead atoms. The third-order valence-corrected chi connectivity index (χ3v) is 3.27. The van der Waals surface area contributed by atoms with E-state index in [9.17, 15) is 14.5 Å². The van der Waals surface area contributed by atoms with E-state index >= 15 is 0 Å². The van der Waals surface area contributed by atoms with Gasteiger partial charge in [0.25, 0.3) is 5.56 Å². The fourth-order valence-electron chi connectivity index (χ4n) is 2.35. The molecule has 0 radical (unpaired) electrons. The highest BCUT2D eigenvalue weighted by Gasteiger charge is 2.15. The zero-order valence-electron chi connectivity index (χ0n) is 9.52. The Hall–Kier alpha value is -1.72. The monoisotopic (exact) mass is 237 g/mol. The van der Waals surface area contributed by atoms with Crippen LogP contribution in [0.15, 0.2) is 21.0 Å². The lowest BCUT2D eigenvalue weighted by Gasteiger charge is -2.21. The van der Waals surface area contributed by atoms with Crippen LogP contribution in [0.25, 0.3) is 0 Å². The molecule has 1 fully saturated rings. The summed E-state index contributed by atoms with van der Waals surface area (Å²) in [5.74, 6) is 0.451. The number of hydrogen-bond acceptors (Lipinski definition) is 4. The number of aromatic amines is 1. The molecule has 1 aromatic rings. The fourth-order valence-corrected chi connectivity index (χ4v) is 2.35. The van der Waals surface area contributed by atoms with Crippen molar-refractivity contribution in [2.75, 3.05) is 0 Å². The Morgan fingerprint density at radius 3 is 2.65 bits per heavy atom. The highest BCUT2D eigenvalue weighted by Crippen LogP contribution is 2.24. The van der Waals surface area contributed by atoms with Crippen molar-refractivity contribution in [3.63, 3.8) is 0 Å². The van der Waals surface area contributed by atoms with E-state index in [2.05, 4.69) is 10.2 Å². The zero-order chi connectivity index (χ0) is 12.3. The summed E-state index contributed by atoms with van der Waals surface area (Å²) in [5.41, 5.74) is -1.42. The van der Waals surface area contributed by atoms with Gasteiger partial charge < -0.3 is 0 Å². The van der Waals surface area contributed by atoms with Crippen LogP contribution in [0.4, 0.5) is 5.69 Å². The molecule has 0 atom stereocenters. The summed E-state index contributed by atoms with van der Waals surface area (Å²) in [6.45, 7) is 0.554. The maximum atomic E-state index is 11.5. The lowest BCUT2D eigenvalue weighted by molar-refractivity contribution is 0.314. The Morgan fingerprint density at radius 2 is 2.00 bits per heavy atom. The van der Waals surface area contributed by atoms with Gasteiger partial charge in [0.2, 0.25) is 0 Å². The number of aromatic nitrogens is 2. The third kappa shape index (κ3) is 2.69. The van der Waals surface area contributed by atoms with Crippen molar-refractivity contribution in [3.05, 3.63) is 31.9 Å². The normalized spacial score (nSPS) is 16.9. The quantitative estimate of drug-likeness (QED) is 0.809. The van der Waals surface area contributed by atoms with E-state index in [1.807, 2.05) is 0 Å². The third-order valence-electron chi connectivity index (χ3n) is 3.27. The average Bonchev–Trinajstić information content (AvgIpc) is 2.34. The van der Waals surface area contributed by atoms with Gasteiger partial charge in [-0.1, -0.05) is 19.3 Å². The number of hydrogen-bond donors (Lipinski definition) is 1. The second kappa shape index (κ2) is 5.07. The molecule has 0 saturated heterocycles.